The Morgan fingerprint density at radius 3 is 2.05 bits per heavy atom. The molecule has 1 unspecified atom stereocenters. The fourth-order valence-corrected chi connectivity index (χ4v) is 7.34. The third-order valence-corrected chi connectivity index (χ3v) is 10.0. The number of piperidine rings is 1. The first-order chi connectivity index (χ1) is 21.0. The summed E-state index contributed by atoms with van der Waals surface area (Å²) in [5.41, 5.74) is 3.60. The van der Waals surface area contributed by atoms with E-state index in [0.717, 1.165) is 37.1 Å². The van der Waals surface area contributed by atoms with E-state index in [1.807, 2.05) is 38.1 Å². The maximum atomic E-state index is 13.0. The van der Waals surface area contributed by atoms with Crippen molar-refractivity contribution in [3.63, 3.8) is 0 Å². The van der Waals surface area contributed by atoms with Gasteiger partial charge in [0, 0.05) is 12.1 Å². The van der Waals surface area contributed by atoms with Gasteiger partial charge in [0.1, 0.15) is 0 Å². The smallest absolute Gasteiger partial charge is 0.344 e. The first-order valence-electron chi connectivity index (χ1n) is 15.7. The van der Waals surface area contributed by atoms with Crippen molar-refractivity contribution in [3.8, 4) is 0 Å². The van der Waals surface area contributed by atoms with Gasteiger partial charge >= 0.3 is 7.60 Å². The highest BCUT2D eigenvalue weighted by Gasteiger charge is 2.38. The Kier molecular flexibility index (Phi) is 13.9. The molecule has 4 atom stereocenters. The molecule has 3 aromatic rings. The lowest BCUT2D eigenvalue weighted by Gasteiger charge is -2.46. The van der Waals surface area contributed by atoms with E-state index in [0.29, 0.717) is 39.0 Å². The molecule has 0 amide bonds. The third kappa shape index (κ3) is 10.6. The molecule has 4 rings (SSSR count). The Balaban J connectivity index is 1.51. The van der Waals surface area contributed by atoms with E-state index < -0.39 is 7.60 Å². The van der Waals surface area contributed by atoms with Gasteiger partial charge in [-0.15, -0.1) is 0 Å². The second kappa shape index (κ2) is 17.8. The monoisotopic (exact) mass is 608 g/mol. The van der Waals surface area contributed by atoms with Crippen LogP contribution in [0.15, 0.2) is 91.0 Å². The van der Waals surface area contributed by atoms with Crippen LogP contribution in [0, 0.1) is 5.92 Å². The van der Waals surface area contributed by atoms with Crippen LogP contribution in [0.4, 0.5) is 0 Å². The molecule has 1 saturated heterocycles. The molecule has 1 fully saturated rings. The normalized spacial score (nSPS) is 19.2. The zero-order chi connectivity index (χ0) is 30.3. The predicted octanol–water partition coefficient (Wildman–Crippen LogP) is 7.44. The summed E-state index contributed by atoms with van der Waals surface area (Å²) in [5.74, 6) is 0.387. The minimum Gasteiger partial charge on any atom is -0.374 e. The lowest BCUT2D eigenvalue weighted by atomic mass is 9.86. The van der Waals surface area contributed by atoms with Crippen molar-refractivity contribution in [2.24, 2.45) is 5.92 Å². The second-order valence-corrected chi connectivity index (χ2v) is 13.2. The number of nitrogens with zero attached hydrogens (tertiary/aromatic N) is 1. The Labute approximate surface area is 258 Å². The van der Waals surface area contributed by atoms with Gasteiger partial charge in [-0.1, -0.05) is 91.0 Å². The molecular formula is C35H49N2O5P. The molecule has 0 aliphatic carbocycles. The molecule has 0 radical (unpaired) electrons. The molecule has 7 nitrogen and oxygen atoms in total. The van der Waals surface area contributed by atoms with Crippen LogP contribution >= 0.6 is 7.60 Å². The lowest BCUT2D eigenvalue weighted by Crippen LogP contribution is -2.53. The number of rotatable bonds is 18. The van der Waals surface area contributed by atoms with Crippen molar-refractivity contribution in [1.82, 2.24) is 10.2 Å². The van der Waals surface area contributed by atoms with Crippen LogP contribution in [0.2, 0.25) is 0 Å². The Bertz CT molecular complexity index is 1210. The predicted molar refractivity (Wildman–Crippen MR) is 173 cm³/mol. The maximum absolute atomic E-state index is 13.0. The molecule has 0 aromatic heterocycles. The molecule has 1 heterocycles. The van der Waals surface area contributed by atoms with Gasteiger partial charge in [-0.3, -0.25) is 9.46 Å². The van der Waals surface area contributed by atoms with Gasteiger partial charge in [0.05, 0.1) is 45.4 Å². The van der Waals surface area contributed by atoms with Crippen LogP contribution in [-0.4, -0.2) is 56.2 Å². The molecule has 1 aliphatic heterocycles. The van der Waals surface area contributed by atoms with Crippen LogP contribution in [0.5, 0.6) is 0 Å². The van der Waals surface area contributed by atoms with Gasteiger partial charge in [0.2, 0.25) is 0 Å². The number of ether oxygens (including phenoxy) is 2. The molecule has 3 aromatic carbocycles. The number of likely N-dealkylation sites (tertiary alicyclic amines) is 1. The van der Waals surface area contributed by atoms with Gasteiger partial charge in [-0.05, 0) is 69.3 Å². The van der Waals surface area contributed by atoms with Crippen molar-refractivity contribution in [3.05, 3.63) is 108 Å². The molecule has 0 bridgehead atoms. The highest BCUT2D eigenvalue weighted by molar-refractivity contribution is 7.53. The molecule has 8 heteroatoms. The van der Waals surface area contributed by atoms with Crippen molar-refractivity contribution in [1.29, 1.82) is 0 Å². The van der Waals surface area contributed by atoms with E-state index in [1.54, 1.807) is 0 Å². The van der Waals surface area contributed by atoms with Crippen molar-refractivity contribution in [2.45, 2.75) is 65.0 Å². The highest BCUT2D eigenvalue weighted by Crippen LogP contribution is 2.46. The highest BCUT2D eigenvalue weighted by atomic mass is 31.2. The quantitative estimate of drug-likeness (QED) is 0.151. The third-order valence-electron chi connectivity index (χ3n) is 8.10. The van der Waals surface area contributed by atoms with Crippen molar-refractivity contribution in [2.75, 3.05) is 39.2 Å². The number of nitrogens with one attached hydrogen (secondary N) is 1. The minimum absolute atomic E-state index is 0.129. The second-order valence-electron chi connectivity index (χ2n) is 11.2. The summed E-state index contributed by atoms with van der Waals surface area (Å²) < 4.78 is 37.1. The van der Waals surface area contributed by atoms with Crippen LogP contribution in [0.3, 0.4) is 0 Å². The summed E-state index contributed by atoms with van der Waals surface area (Å²) in [4.78, 5) is 2.60. The largest absolute Gasteiger partial charge is 0.374 e. The van der Waals surface area contributed by atoms with Crippen LogP contribution < -0.4 is 5.32 Å². The fourth-order valence-electron chi connectivity index (χ4n) is 5.89. The van der Waals surface area contributed by atoms with E-state index in [9.17, 15) is 4.57 Å². The van der Waals surface area contributed by atoms with E-state index >= 15 is 0 Å². The SMILES string of the molecule is CCOP(=O)(CNCC1CCN([C@@H](C)c2ccccc2)[C@@H]([C@@H](COCc2ccccc2)OCc2ccccc2)C1)OCC. The van der Waals surface area contributed by atoms with Crippen LogP contribution in [0.25, 0.3) is 0 Å². The first kappa shape index (κ1) is 33.5. The molecule has 1 aliphatic rings. The zero-order valence-electron chi connectivity index (χ0n) is 26.0. The van der Waals surface area contributed by atoms with Crippen molar-refractivity contribution >= 4 is 7.60 Å². The van der Waals surface area contributed by atoms with Gasteiger partial charge in [0.25, 0.3) is 0 Å². The zero-order valence-corrected chi connectivity index (χ0v) is 26.9. The lowest BCUT2D eigenvalue weighted by molar-refractivity contribution is -0.0951. The summed E-state index contributed by atoms with van der Waals surface area (Å²) in [6.07, 6.45) is 2.06. The molecular weight excluding hydrogens is 559 g/mol. The van der Waals surface area contributed by atoms with E-state index in [2.05, 4.69) is 83.9 Å². The molecule has 43 heavy (non-hydrogen) atoms. The average Bonchev–Trinajstić information content (AvgIpc) is 3.04. The van der Waals surface area contributed by atoms with Crippen molar-refractivity contribution < 1.29 is 23.1 Å². The Hall–Kier alpha value is -2.35. The fraction of sp³-hybridized carbons (Fsp3) is 0.486. The van der Waals surface area contributed by atoms with Crippen LogP contribution in [0.1, 0.15) is 56.3 Å². The van der Waals surface area contributed by atoms with Crippen LogP contribution in [-0.2, 0) is 36.3 Å². The Morgan fingerprint density at radius 2 is 1.44 bits per heavy atom. The summed E-state index contributed by atoms with van der Waals surface area (Å²) in [5, 5.41) is 3.42. The molecule has 1 N–H and O–H groups in total. The summed E-state index contributed by atoms with van der Waals surface area (Å²) in [6.45, 7) is 9.94. The summed E-state index contributed by atoms with van der Waals surface area (Å²) >= 11 is 0. The maximum Gasteiger partial charge on any atom is 0.344 e. The first-order valence-corrected chi connectivity index (χ1v) is 17.4. The minimum atomic E-state index is -3.14. The van der Waals surface area contributed by atoms with Gasteiger partial charge < -0.3 is 23.8 Å². The summed E-state index contributed by atoms with van der Waals surface area (Å²) in [6, 6.07) is 31.7. The van der Waals surface area contributed by atoms with Gasteiger partial charge in [0.15, 0.2) is 0 Å². The topological polar surface area (TPSA) is 69.3 Å². The Morgan fingerprint density at radius 1 is 0.860 bits per heavy atom. The summed E-state index contributed by atoms with van der Waals surface area (Å²) in [7, 11) is -3.14. The van der Waals surface area contributed by atoms with Gasteiger partial charge in [-0.25, -0.2) is 0 Å². The number of hydrogen-bond donors (Lipinski definition) is 1. The van der Waals surface area contributed by atoms with E-state index in [4.69, 9.17) is 18.5 Å². The number of benzene rings is 3. The standard InChI is InChI=1S/C35H49N2O5P/c1-4-41-43(38,42-5-2)28-36-24-32-21-22-37(29(3)33-19-13-8-14-20-33)34(23-32)35(40-26-31-17-11-7-12-18-31)27-39-25-30-15-9-6-10-16-30/h6-20,29,32,34-36H,4-5,21-28H2,1-3H3/t29-,32?,34+,35+/m0/s1. The molecule has 0 saturated carbocycles. The van der Waals surface area contributed by atoms with Gasteiger partial charge in [-0.2, -0.15) is 0 Å². The molecule has 0 spiro atoms. The average molecular weight is 609 g/mol. The van der Waals surface area contributed by atoms with E-state index in [1.165, 1.54) is 5.56 Å². The van der Waals surface area contributed by atoms with E-state index in [-0.39, 0.29) is 24.5 Å². The number of hydrogen-bond acceptors (Lipinski definition) is 7. The molecule has 234 valence electrons.